The Morgan fingerprint density at radius 3 is 2.31 bits per heavy atom. The van der Waals surface area contributed by atoms with Gasteiger partial charge in [-0.2, -0.15) is 0 Å². The lowest BCUT2D eigenvalue weighted by atomic mass is 10.5. The van der Waals surface area contributed by atoms with Gasteiger partial charge in [0.25, 0.3) is 0 Å². The van der Waals surface area contributed by atoms with Crippen LogP contribution in [0.3, 0.4) is 0 Å². The second kappa shape index (κ2) is 6.46. The van der Waals surface area contributed by atoms with Crippen molar-refractivity contribution in [3.05, 3.63) is 0 Å². The molecule has 0 fully saturated rings. The Hall–Kier alpha value is -0.273. The molecule has 0 bridgehead atoms. The summed E-state index contributed by atoms with van der Waals surface area (Å²) in [5.74, 6) is 0. The van der Waals surface area contributed by atoms with Gasteiger partial charge in [0.15, 0.2) is 12.9 Å². The predicted octanol–water partition coefficient (Wildman–Crippen LogP) is 0.241. The quantitative estimate of drug-likeness (QED) is 0.477. The van der Waals surface area contributed by atoms with Gasteiger partial charge in [0, 0.05) is 33.8 Å². The molecule has 16 heavy (non-hydrogen) atoms. The van der Waals surface area contributed by atoms with E-state index in [4.69, 9.17) is 13.3 Å². The third kappa shape index (κ3) is 3.64. The highest BCUT2D eigenvalue weighted by atomic mass is 28.4. The van der Waals surface area contributed by atoms with Crippen LogP contribution in [0.25, 0.3) is 0 Å². The molecule has 0 radical (unpaired) electrons. The number of hydrogen-bond acceptors (Lipinski definition) is 4. The Bertz CT molecular complexity index is 236. The number of nitrogens with zero attached hydrogens (tertiary/aromatic N) is 2. The van der Waals surface area contributed by atoms with Gasteiger partial charge in [0.1, 0.15) is 6.54 Å². The fraction of sp³-hybridized carbons (Fsp3) is 0.900. The van der Waals surface area contributed by atoms with Crippen molar-refractivity contribution >= 4 is 15.0 Å². The average Bonchev–Trinajstić information content (AvgIpc) is 2.71. The van der Waals surface area contributed by atoms with Crippen molar-refractivity contribution in [2.75, 3.05) is 48.1 Å². The van der Waals surface area contributed by atoms with E-state index in [1.54, 1.807) is 21.3 Å². The van der Waals surface area contributed by atoms with Crippen molar-refractivity contribution in [2.45, 2.75) is 12.5 Å². The van der Waals surface area contributed by atoms with Crippen LogP contribution in [0.4, 0.5) is 0 Å². The van der Waals surface area contributed by atoms with Crippen molar-refractivity contribution in [2.24, 2.45) is 0 Å². The van der Waals surface area contributed by atoms with Gasteiger partial charge in [-0.3, -0.25) is 0 Å². The van der Waals surface area contributed by atoms with Crippen molar-refractivity contribution in [3.63, 3.8) is 0 Å². The molecule has 5 nitrogen and oxygen atoms in total. The molecular formula is C10H23N2O3Si+. The van der Waals surface area contributed by atoms with Gasteiger partial charge >= 0.3 is 8.80 Å². The van der Waals surface area contributed by atoms with E-state index in [-0.39, 0.29) is 0 Å². The van der Waals surface area contributed by atoms with E-state index >= 15 is 0 Å². The zero-order valence-corrected chi connectivity index (χ0v) is 11.7. The molecule has 1 aliphatic rings. The molecule has 0 amide bonds. The van der Waals surface area contributed by atoms with E-state index in [1.165, 1.54) is 0 Å². The Labute approximate surface area is 99.0 Å². The van der Waals surface area contributed by atoms with Gasteiger partial charge in [-0.05, 0) is 7.05 Å². The van der Waals surface area contributed by atoms with Crippen LogP contribution in [0.1, 0.15) is 6.42 Å². The molecule has 0 atom stereocenters. The number of rotatable bonds is 7. The van der Waals surface area contributed by atoms with Crippen LogP contribution in [0.5, 0.6) is 0 Å². The minimum absolute atomic E-state index is 0.866. The monoisotopic (exact) mass is 247 g/mol. The summed E-state index contributed by atoms with van der Waals surface area (Å²) in [7, 11) is 4.74. The lowest BCUT2D eigenvalue weighted by Gasteiger charge is -2.23. The zero-order chi connectivity index (χ0) is 12.0. The van der Waals surface area contributed by atoms with E-state index in [2.05, 4.69) is 22.7 Å². The normalized spacial score (nSPS) is 17.9. The molecular weight excluding hydrogens is 224 g/mol. The molecule has 0 unspecified atom stereocenters. The molecule has 1 aliphatic heterocycles. The lowest BCUT2D eigenvalue weighted by Crippen LogP contribution is -2.43. The van der Waals surface area contributed by atoms with Gasteiger partial charge in [-0.25, -0.2) is 9.48 Å². The van der Waals surface area contributed by atoms with Gasteiger partial charge < -0.3 is 13.3 Å². The minimum Gasteiger partial charge on any atom is -0.377 e. The second-order valence-electron chi connectivity index (χ2n) is 4.07. The first-order valence-electron chi connectivity index (χ1n) is 5.57. The third-order valence-electron chi connectivity index (χ3n) is 2.94. The van der Waals surface area contributed by atoms with Crippen LogP contribution < -0.4 is 0 Å². The van der Waals surface area contributed by atoms with E-state index in [0.717, 1.165) is 32.2 Å². The first kappa shape index (κ1) is 13.8. The van der Waals surface area contributed by atoms with Crippen molar-refractivity contribution in [3.8, 4) is 0 Å². The summed E-state index contributed by atoms with van der Waals surface area (Å²) in [6, 6.07) is 0.866. The minimum atomic E-state index is -2.36. The Balaban J connectivity index is 2.28. The first-order valence-corrected chi connectivity index (χ1v) is 7.50. The Kier molecular flexibility index (Phi) is 5.57. The molecule has 6 heteroatoms. The molecule has 0 aromatic heterocycles. The fourth-order valence-corrected chi connectivity index (χ4v) is 3.60. The van der Waals surface area contributed by atoms with Crippen LogP contribution in [-0.4, -0.2) is 72.6 Å². The highest BCUT2D eigenvalue weighted by Gasteiger charge is 2.37. The fourth-order valence-electron chi connectivity index (χ4n) is 1.90. The molecule has 0 aromatic rings. The maximum atomic E-state index is 5.38. The summed E-state index contributed by atoms with van der Waals surface area (Å²) in [6.45, 7) is 3.10. The summed E-state index contributed by atoms with van der Waals surface area (Å²) >= 11 is 0. The van der Waals surface area contributed by atoms with Crippen molar-refractivity contribution in [1.82, 2.24) is 4.90 Å². The highest BCUT2D eigenvalue weighted by Crippen LogP contribution is 2.14. The molecule has 94 valence electrons. The molecule has 1 heterocycles. The van der Waals surface area contributed by atoms with Gasteiger partial charge in [-0.1, -0.05) is 0 Å². The molecule has 0 N–H and O–H groups in total. The van der Waals surface area contributed by atoms with Crippen molar-refractivity contribution < 1.29 is 17.9 Å². The van der Waals surface area contributed by atoms with E-state index < -0.39 is 8.80 Å². The van der Waals surface area contributed by atoms with Gasteiger partial charge in [0.05, 0.1) is 6.54 Å². The van der Waals surface area contributed by atoms with Gasteiger partial charge in [-0.15, -0.1) is 0 Å². The van der Waals surface area contributed by atoms with Crippen LogP contribution in [0.2, 0.25) is 6.04 Å². The summed E-state index contributed by atoms with van der Waals surface area (Å²) in [5.41, 5.74) is 0. The maximum absolute atomic E-state index is 5.38. The van der Waals surface area contributed by atoms with Crippen LogP contribution >= 0.6 is 0 Å². The molecule has 0 spiro atoms. The van der Waals surface area contributed by atoms with Crippen molar-refractivity contribution in [1.29, 1.82) is 0 Å². The van der Waals surface area contributed by atoms with E-state index in [0.29, 0.717) is 0 Å². The Morgan fingerprint density at radius 2 is 1.88 bits per heavy atom. The standard InChI is InChI=1S/C10H23N2O3Si/c1-11-7-8-12(10-11)6-5-9-16(13-2,14-3)15-4/h8H,5-7,9-10H2,1-4H3/q+1. The average molecular weight is 247 g/mol. The topological polar surface area (TPSA) is 33.9 Å². The Morgan fingerprint density at radius 1 is 1.25 bits per heavy atom. The molecule has 0 aliphatic carbocycles. The molecule has 0 saturated heterocycles. The smallest absolute Gasteiger partial charge is 0.377 e. The van der Waals surface area contributed by atoms with Gasteiger partial charge in [0.2, 0.25) is 0 Å². The molecule has 1 rings (SSSR count). The largest absolute Gasteiger partial charge is 0.500 e. The highest BCUT2D eigenvalue weighted by molar-refractivity contribution is 6.60. The predicted molar refractivity (Wildman–Crippen MR) is 64.9 cm³/mol. The SMILES string of the molecule is CO[Si](CCC[N+]1=CCN(C)C1)(OC)OC. The van der Waals surface area contributed by atoms with E-state index in [9.17, 15) is 0 Å². The van der Waals surface area contributed by atoms with Crippen LogP contribution in [0.15, 0.2) is 0 Å². The van der Waals surface area contributed by atoms with Crippen LogP contribution in [-0.2, 0) is 13.3 Å². The lowest BCUT2D eigenvalue weighted by molar-refractivity contribution is -0.531. The third-order valence-corrected chi connectivity index (χ3v) is 5.77. The van der Waals surface area contributed by atoms with E-state index in [1.807, 2.05) is 0 Å². The zero-order valence-electron chi connectivity index (χ0n) is 10.7. The number of hydrogen-bond donors (Lipinski definition) is 0. The first-order chi connectivity index (χ1) is 7.65. The maximum Gasteiger partial charge on any atom is 0.500 e. The molecule has 0 aromatic carbocycles. The summed E-state index contributed by atoms with van der Waals surface area (Å²) in [5, 5.41) is 0. The molecule has 0 saturated carbocycles. The summed E-state index contributed by atoms with van der Waals surface area (Å²) < 4.78 is 18.5. The summed E-state index contributed by atoms with van der Waals surface area (Å²) in [4.78, 5) is 2.27. The second-order valence-corrected chi connectivity index (χ2v) is 7.16. The summed E-state index contributed by atoms with van der Waals surface area (Å²) in [6.07, 6.45) is 3.27. The van der Waals surface area contributed by atoms with Crippen LogP contribution in [0, 0.1) is 0 Å².